The molecule has 24 heavy (non-hydrogen) atoms. The van der Waals surface area contributed by atoms with Gasteiger partial charge in [-0.1, -0.05) is 11.6 Å². The first-order valence-electron chi connectivity index (χ1n) is 7.81. The standard InChI is InChI=1S/C15H25ClN4O2S.HI/c1-4-17-15(18-8-12-5-6-23(21,22)11-12)20(3)10-14-7-13(16)9-19(14)2;/h7,9,12H,4-6,8,10-11H2,1-3H3,(H,17,18);1H. The molecule has 1 aromatic rings. The minimum absolute atomic E-state index is 0. The van der Waals surface area contributed by atoms with Gasteiger partial charge in [0.25, 0.3) is 0 Å². The molecule has 9 heteroatoms. The van der Waals surface area contributed by atoms with Gasteiger partial charge < -0.3 is 14.8 Å². The topological polar surface area (TPSA) is 66.7 Å². The zero-order valence-corrected chi connectivity index (χ0v) is 18.2. The Morgan fingerprint density at radius 1 is 1.54 bits per heavy atom. The van der Waals surface area contributed by atoms with E-state index in [1.807, 2.05) is 42.7 Å². The molecule has 0 bridgehead atoms. The van der Waals surface area contributed by atoms with Crippen LogP contribution >= 0.6 is 35.6 Å². The van der Waals surface area contributed by atoms with Crippen molar-refractivity contribution in [3.8, 4) is 0 Å². The molecule has 2 heterocycles. The van der Waals surface area contributed by atoms with Gasteiger partial charge in [-0.05, 0) is 25.3 Å². The summed E-state index contributed by atoms with van der Waals surface area (Å²) in [5.41, 5.74) is 1.09. The van der Waals surface area contributed by atoms with Gasteiger partial charge in [0, 0.05) is 39.1 Å². The summed E-state index contributed by atoms with van der Waals surface area (Å²) in [6.07, 6.45) is 2.58. The zero-order valence-electron chi connectivity index (χ0n) is 14.3. The number of aromatic nitrogens is 1. The monoisotopic (exact) mass is 488 g/mol. The van der Waals surface area contributed by atoms with Crippen LogP contribution in [0, 0.1) is 5.92 Å². The first-order chi connectivity index (χ1) is 10.8. The van der Waals surface area contributed by atoms with Crippen molar-refractivity contribution in [3.05, 3.63) is 23.0 Å². The van der Waals surface area contributed by atoms with E-state index in [4.69, 9.17) is 11.6 Å². The average Bonchev–Trinajstić information content (AvgIpc) is 2.96. The van der Waals surface area contributed by atoms with Crippen LogP contribution in [0.15, 0.2) is 17.3 Å². The minimum atomic E-state index is -2.85. The third-order valence-corrected chi connectivity index (χ3v) is 6.04. The Morgan fingerprint density at radius 3 is 2.75 bits per heavy atom. The predicted molar refractivity (Wildman–Crippen MR) is 110 cm³/mol. The first kappa shape index (κ1) is 21.6. The summed E-state index contributed by atoms with van der Waals surface area (Å²) in [4.78, 5) is 6.64. The van der Waals surface area contributed by atoms with Crippen molar-refractivity contribution in [2.24, 2.45) is 18.0 Å². The van der Waals surface area contributed by atoms with Gasteiger partial charge in [-0.25, -0.2) is 8.42 Å². The van der Waals surface area contributed by atoms with E-state index in [9.17, 15) is 8.42 Å². The quantitative estimate of drug-likeness (QED) is 0.392. The summed E-state index contributed by atoms with van der Waals surface area (Å²) in [6, 6.07) is 1.94. The van der Waals surface area contributed by atoms with Crippen LogP contribution in [0.5, 0.6) is 0 Å². The molecular weight excluding hydrogens is 463 g/mol. The highest BCUT2D eigenvalue weighted by Gasteiger charge is 2.27. The normalized spacial score (nSPS) is 19.8. The molecule has 6 nitrogen and oxygen atoms in total. The van der Waals surface area contributed by atoms with Crippen LogP contribution in [-0.2, 0) is 23.4 Å². The Kier molecular flexibility index (Phi) is 8.34. The van der Waals surface area contributed by atoms with E-state index in [1.165, 1.54) is 0 Å². The van der Waals surface area contributed by atoms with Crippen molar-refractivity contribution in [1.82, 2.24) is 14.8 Å². The summed E-state index contributed by atoms with van der Waals surface area (Å²) in [7, 11) is 1.08. The van der Waals surface area contributed by atoms with E-state index in [-0.39, 0.29) is 35.6 Å². The third-order valence-electron chi connectivity index (χ3n) is 4.00. The Labute approximate surface area is 166 Å². The summed E-state index contributed by atoms with van der Waals surface area (Å²) >= 11 is 6.02. The van der Waals surface area contributed by atoms with E-state index < -0.39 is 9.84 Å². The largest absolute Gasteiger partial charge is 0.357 e. The van der Waals surface area contributed by atoms with E-state index in [0.29, 0.717) is 30.3 Å². The lowest BCUT2D eigenvalue weighted by Crippen LogP contribution is -2.39. The van der Waals surface area contributed by atoms with Crippen molar-refractivity contribution < 1.29 is 8.42 Å². The number of halogens is 2. The molecule has 1 atom stereocenters. The molecule has 1 aliphatic heterocycles. The number of hydrogen-bond acceptors (Lipinski definition) is 3. The molecule has 1 aromatic heterocycles. The van der Waals surface area contributed by atoms with Gasteiger partial charge >= 0.3 is 0 Å². The highest BCUT2D eigenvalue weighted by atomic mass is 127. The minimum Gasteiger partial charge on any atom is -0.357 e. The molecule has 1 aliphatic rings. The van der Waals surface area contributed by atoms with E-state index >= 15 is 0 Å². The van der Waals surface area contributed by atoms with Gasteiger partial charge in [0.05, 0.1) is 23.1 Å². The number of sulfone groups is 1. The Balaban J connectivity index is 0.00000288. The number of nitrogens with zero attached hydrogens (tertiary/aromatic N) is 3. The van der Waals surface area contributed by atoms with Gasteiger partial charge in [-0.15, -0.1) is 24.0 Å². The van der Waals surface area contributed by atoms with Gasteiger partial charge in [0.1, 0.15) is 0 Å². The molecule has 138 valence electrons. The maximum Gasteiger partial charge on any atom is 0.194 e. The fourth-order valence-electron chi connectivity index (χ4n) is 2.74. The van der Waals surface area contributed by atoms with Crippen LogP contribution in [0.4, 0.5) is 0 Å². The van der Waals surface area contributed by atoms with Crippen molar-refractivity contribution in [2.75, 3.05) is 31.6 Å². The Hall–Kier alpha value is -0.480. The third kappa shape index (κ3) is 6.11. The summed E-state index contributed by atoms with van der Waals surface area (Å²) < 4.78 is 25.1. The van der Waals surface area contributed by atoms with Crippen LogP contribution in [0.25, 0.3) is 0 Å². The molecule has 1 unspecified atom stereocenters. The van der Waals surface area contributed by atoms with Crippen LogP contribution in [0.1, 0.15) is 19.0 Å². The second-order valence-corrected chi connectivity index (χ2v) is 8.75. The summed E-state index contributed by atoms with van der Waals surface area (Å²) in [6.45, 7) is 4.00. The van der Waals surface area contributed by atoms with Gasteiger partial charge in [0.15, 0.2) is 15.8 Å². The summed E-state index contributed by atoms with van der Waals surface area (Å²) in [5.74, 6) is 1.47. The first-order valence-corrected chi connectivity index (χ1v) is 10.0. The maximum absolute atomic E-state index is 11.5. The van der Waals surface area contributed by atoms with Crippen molar-refractivity contribution in [2.45, 2.75) is 19.9 Å². The smallest absolute Gasteiger partial charge is 0.194 e. The molecule has 1 fully saturated rings. The number of hydrogen-bond donors (Lipinski definition) is 1. The van der Waals surface area contributed by atoms with Crippen molar-refractivity contribution in [1.29, 1.82) is 0 Å². The maximum atomic E-state index is 11.5. The van der Waals surface area contributed by atoms with Crippen molar-refractivity contribution >= 4 is 51.4 Å². The predicted octanol–water partition coefficient (Wildman–Crippen LogP) is 2.13. The molecule has 0 amide bonds. The highest BCUT2D eigenvalue weighted by Crippen LogP contribution is 2.19. The lowest BCUT2D eigenvalue weighted by molar-refractivity contribution is 0.458. The molecule has 0 saturated carbocycles. The molecule has 2 rings (SSSR count). The van der Waals surface area contributed by atoms with Gasteiger partial charge in [-0.2, -0.15) is 0 Å². The Bertz CT molecular complexity index is 675. The average molecular weight is 489 g/mol. The molecular formula is C15H26ClIN4O2S. The highest BCUT2D eigenvalue weighted by molar-refractivity contribution is 14.0. The summed E-state index contributed by atoms with van der Waals surface area (Å²) in [5, 5.41) is 3.97. The van der Waals surface area contributed by atoms with Gasteiger partial charge in [-0.3, -0.25) is 4.99 Å². The number of nitrogens with one attached hydrogen (secondary N) is 1. The van der Waals surface area contributed by atoms with Crippen molar-refractivity contribution in [3.63, 3.8) is 0 Å². The number of guanidine groups is 1. The number of aliphatic imine (C=N–C) groups is 1. The second-order valence-electron chi connectivity index (χ2n) is 6.08. The molecule has 0 aliphatic carbocycles. The van der Waals surface area contributed by atoms with Crippen LogP contribution < -0.4 is 5.32 Å². The van der Waals surface area contributed by atoms with Gasteiger partial charge in [0.2, 0.25) is 0 Å². The molecule has 1 saturated heterocycles. The fourth-order valence-corrected chi connectivity index (χ4v) is 4.86. The lowest BCUT2D eigenvalue weighted by Gasteiger charge is -2.22. The van der Waals surface area contributed by atoms with E-state index in [2.05, 4.69) is 10.3 Å². The Morgan fingerprint density at radius 2 is 2.25 bits per heavy atom. The number of aryl methyl sites for hydroxylation is 1. The SMILES string of the molecule is CCNC(=NCC1CCS(=O)(=O)C1)N(C)Cc1cc(Cl)cn1C.I. The second kappa shape index (κ2) is 9.28. The van der Waals surface area contributed by atoms with E-state index in [1.54, 1.807) is 0 Å². The van der Waals surface area contributed by atoms with Crippen LogP contribution in [-0.4, -0.2) is 55.5 Å². The molecule has 0 spiro atoms. The number of rotatable bonds is 5. The zero-order chi connectivity index (χ0) is 17.0. The molecule has 0 radical (unpaired) electrons. The van der Waals surface area contributed by atoms with Crippen LogP contribution in [0.3, 0.4) is 0 Å². The fraction of sp³-hybridized carbons (Fsp3) is 0.667. The van der Waals surface area contributed by atoms with Crippen LogP contribution in [0.2, 0.25) is 5.02 Å². The lowest BCUT2D eigenvalue weighted by atomic mass is 10.1. The van der Waals surface area contributed by atoms with E-state index in [0.717, 1.165) is 18.2 Å². The molecule has 1 N–H and O–H groups in total. The molecule has 0 aromatic carbocycles.